The van der Waals surface area contributed by atoms with Gasteiger partial charge in [-0.2, -0.15) is 0 Å². The minimum atomic E-state index is -0.115. The van der Waals surface area contributed by atoms with Gasteiger partial charge in [-0.3, -0.25) is 9.59 Å². The first-order valence-corrected chi connectivity index (χ1v) is 8.55. The summed E-state index contributed by atoms with van der Waals surface area (Å²) in [4.78, 5) is 26.1. The van der Waals surface area contributed by atoms with E-state index in [-0.39, 0.29) is 18.4 Å². The number of nitrogens with one attached hydrogen (secondary N) is 2. The molecule has 0 radical (unpaired) electrons. The average molecular weight is 337 g/mol. The van der Waals surface area contributed by atoms with Crippen molar-refractivity contribution in [2.75, 3.05) is 28.6 Å². The van der Waals surface area contributed by atoms with Gasteiger partial charge in [0.15, 0.2) is 0 Å². The van der Waals surface area contributed by atoms with Gasteiger partial charge < -0.3 is 15.5 Å². The first kappa shape index (κ1) is 17.0. The summed E-state index contributed by atoms with van der Waals surface area (Å²) in [6.45, 7) is 4.89. The van der Waals surface area contributed by atoms with Crippen LogP contribution in [-0.4, -0.2) is 24.9 Å². The summed E-state index contributed by atoms with van der Waals surface area (Å²) < 4.78 is 0. The Morgan fingerprint density at radius 3 is 2.60 bits per heavy atom. The minimum Gasteiger partial charge on any atom is -0.374 e. The lowest BCUT2D eigenvalue weighted by Gasteiger charge is -2.20. The van der Waals surface area contributed by atoms with Crippen molar-refractivity contribution in [3.8, 4) is 0 Å². The minimum absolute atomic E-state index is 0.115. The summed E-state index contributed by atoms with van der Waals surface area (Å²) in [5.74, 6) is 0.0188. The average Bonchev–Trinajstić information content (AvgIpc) is 3.03. The highest BCUT2D eigenvalue weighted by molar-refractivity contribution is 5.99. The Morgan fingerprint density at radius 2 is 1.84 bits per heavy atom. The smallest absolute Gasteiger partial charge is 0.243 e. The van der Waals surface area contributed by atoms with Crippen LogP contribution in [0.25, 0.3) is 0 Å². The van der Waals surface area contributed by atoms with E-state index < -0.39 is 0 Å². The van der Waals surface area contributed by atoms with E-state index in [0.717, 1.165) is 41.2 Å². The fraction of sp³-hybridized carbons (Fsp3) is 0.300. The van der Waals surface area contributed by atoms with Crippen LogP contribution < -0.4 is 15.5 Å². The zero-order valence-electron chi connectivity index (χ0n) is 14.6. The molecule has 1 aliphatic rings. The Morgan fingerprint density at radius 1 is 1.08 bits per heavy atom. The summed E-state index contributed by atoms with van der Waals surface area (Å²) in [5, 5.41) is 6.10. The number of para-hydroxylation sites is 2. The number of rotatable bonds is 5. The molecular weight excluding hydrogens is 314 g/mol. The molecule has 0 bridgehead atoms. The third-order valence-electron chi connectivity index (χ3n) is 4.59. The number of amides is 2. The zero-order valence-corrected chi connectivity index (χ0v) is 14.6. The van der Waals surface area contributed by atoms with Gasteiger partial charge in [0, 0.05) is 18.7 Å². The van der Waals surface area contributed by atoms with Gasteiger partial charge >= 0.3 is 0 Å². The Kier molecular flexibility index (Phi) is 5.03. The molecule has 2 amide bonds. The maximum absolute atomic E-state index is 12.3. The van der Waals surface area contributed by atoms with Crippen LogP contribution in [0.2, 0.25) is 0 Å². The molecule has 0 atom stereocenters. The highest BCUT2D eigenvalue weighted by Crippen LogP contribution is 2.29. The third-order valence-corrected chi connectivity index (χ3v) is 4.59. The fourth-order valence-electron chi connectivity index (χ4n) is 3.02. The molecule has 0 saturated carbocycles. The Bertz CT molecular complexity index is 801. The number of hydrogen-bond donors (Lipinski definition) is 2. The number of aryl methyl sites for hydroxylation is 1. The lowest BCUT2D eigenvalue weighted by molar-refractivity contribution is -0.117. The van der Waals surface area contributed by atoms with Crippen molar-refractivity contribution in [3.05, 3.63) is 53.6 Å². The molecule has 1 fully saturated rings. The summed E-state index contributed by atoms with van der Waals surface area (Å²) >= 11 is 0. The van der Waals surface area contributed by atoms with Crippen molar-refractivity contribution >= 4 is 28.9 Å². The van der Waals surface area contributed by atoms with E-state index >= 15 is 0 Å². The molecule has 5 nitrogen and oxygen atoms in total. The van der Waals surface area contributed by atoms with Crippen molar-refractivity contribution in [3.63, 3.8) is 0 Å². The van der Waals surface area contributed by atoms with Crippen molar-refractivity contribution in [1.82, 2.24) is 0 Å². The third kappa shape index (κ3) is 3.82. The van der Waals surface area contributed by atoms with Gasteiger partial charge in [0.25, 0.3) is 0 Å². The Balaban J connectivity index is 1.66. The van der Waals surface area contributed by atoms with Gasteiger partial charge in [-0.15, -0.1) is 0 Å². The highest BCUT2D eigenvalue weighted by atomic mass is 16.2. The normalized spacial score (nSPS) is 13.8. The molecule has 2 aromatic rings. The molecule has 5 heteroatoms. The number of benzene rings is 2. The largest absolute Gasteiger partial charge is 0.374 e. The first-order valence-electron chi connectivity index (χ1n) is 8.55. The summed E-state index contributed by atoms with van der Waals surface area (Å²) in [6, 6.07) is 13.5. The van der Waals surface area contributed by atoms with E-state index in [0.29, 0.717) is 6.42 Å². The number of hydrogen-bond acceptors (Lipinski definition) is 3. The first-order chi connectivity index (χ1) is 12.1. The highest BCUT2D eigenvalue weighted by Gasteiger charge is 2.23. The van der Waals surface area contributed by atoms with Crippen LogP contribution >= 0.6 is 0 Å². The number of carbonyl (C=O) groups is 2. The van der Waals surface area contributed by atoms with Crippen molar-refractivity contribution in [1.29, 1.82) is 0 Å². The monoisotopic (exact) mass is 337 g/mol. The molecule has 0 unspecified atom stereocenters. The van der Waals surface area contributed by atoms with E-state index in [1.54, 1.807) is 4.90 Å². The van der Waals surface area contributed by atoms with Gasteiger partial charge in [-0.05, 0) is 49.6 Å². The van der Waals surface area contributed by atoms with Crippen LogP contribution in [-0.2, 0) is 9.59 Å². The molecule has 0 aliphatic carbocycles. The van der Waals surface area contributed by atoms with Crippen LogP contribution in [0.5, 0.6) is 0 Å². The lowest BCUT2D eigenvalue weighted by atomic mass is 10.1. The maximum atomic E-state index is 12.3. The van der Waals surface area contributed by atoms with Crippen LogP contribution in [0.15, 0.2) is 42.5 Å². The molecule has 1 saturated heterocycles. The quantitative estimate of drug-likeness (QED) is 0.878. The standard InChI is InChI=1S/C20H23N3O2/c1-14-7-5-9-16(15(14)2)22-19(24)13-21-17-8-3-4-10-18(17)23-12-6-11-20(23)25/h3-5,7-10,21H,6,11-13H2,1-2H3,(H,22,24). The second-order valence-corrected chi connectivity index (χ2v) is 6.32. The van der Waals surface area contributed by atoms with Crippen LogP contribution in [0.3, 0.4) is 0 Å². The second-order valence-electron chi connectivity index (χ2n) is 6.32. The summed E-state index contributed by atoms with van der Waals surface area (Å²) in [6.07, 6.45) is 1.46. The molecule has 0 aromatic heterocycles. The SMILES string of the molecule is Cc1cccc(NC(=O)CNc2ccccc2N2CCCC2=O)c1C. The van der Waals surface area contributed by atoms with Crippen LogP contribution in [0, 0.1) is 13.8 Å². The van der Waals surface area contributed by atoms with E-state index in [9.17, 15) is 9.59 Å². The Hall–Kier alpha value is -2.82. The summed E-state index contributed by atoms with van der Waals surface area (Å²) in [7, 11) is 0. The van der Waals surface area contributed by atoms with Gasteiger partial charge in [-0.1, -0.05) is 24.3 Å². The predicted molar refractivity (Wildman–Crippen MR) is 101 cm³/mol. The van der Waals surface area contributed by atoms with Crippen LogP contribution in [0.1, 0.15) is 24.0 Å². The fourth-order valence-corrected chi connectivity index (χ4v) is 3.02. The molecule has 1 heterocycles. The topological polar surface area (TPSA) is 61.4 Å². The molecule has 130 valence electrons. The van der Waals surface area contributed by atoms with E-state index in [1.165, 1.54) is 0 Å². The van der Waals surface area contributed by atoms with Crippen LogP contribution in [0.4, 0.5) is 17.1 Å². The van der Waals surface area contributed by atoms with Crippen molar-refractivity contribution in [2.45, 2.75) is 26.7 Å². The second kappa shape index (κ2) is 7.38. The molecule has 2 aromatic carbocycles. The molecule has 1 aliphatic heterocycles. The van der Waals surface area contributed by atoms with Crippen molar-refractivity contribution < 1.29 is 9.59 Å². The van der Waals surface area contributed by atoms with Gasteiger partial charge in [0.05, 0.1) is 17.9 Å². The predicted octanol–water partition coefficient (Wildman–Crippen LogP) is 3.48. The summed E-state index contributed by atoms with van der Waals surface area (Å²) in [5.41, 5.74) is 4.68. The zero-order chi connectivity index (χ0) is 17.8. The van der Waals surface area contributed by atoms with E-state index in [2.05, 4.69) is 10.6 Å². The number of carbonyl (C=O) groups excluding carboxylic acids is 2. The Labute approximate surface area is 148 Å². The molecule has 2 N–H and O–H groups in total. The molecule has 3 rings (SSSR count). The van der Waals surface area contributed by atoms with Gasteiger partial charge in [-0.25, -0.2) is 0 Å². The number of nitrogens with zero attached hydrogens (tertiary/aromatic N) is 1. The molecular formula is C20H23N3O2. The number of anilines is 3. The molecule has 25 heavy (non-hydrogen) atoms. The van der Waals surface area contributed by atoms with E-state index in [4.69, 9.17) is 0 Å². The van der Waals surface area contributed by atoms with Crippen molar-refractivity contribution in [2.24, 2.45) is 0 Å². The lowest BCUT2D eigenvalue weighted by Crippen LogP contribution is -2.26. The van der Waals surface area contributed by atoms with E-state index in [1.807, 2.05) is 56.3 Å². The molecule has 0 spiro atoms. The van der Waals surface area contributed by atoms with Gasteiger partial charge in [0.1, 0.15) is 0 Å². The van der Waals surface area contributed by atoms with Gasteiger partial charge in [0.2, 0.25) is 11.8 Å². The maximum Gasteiger partial charge on any atom is 0.243 e.